The molecule has 0 aliphatic carbocycles. The van der Waals surface area contributed by atoms with Gasteiger partial charge < -0.3 is 18.8 Å². The van der Waals surface area contributed by atoms with E-state index in [2.05, 4.69) is 9.47 Å². The minimum Gasteiger partial charge on any atom is -0.410 e. The molecule has 146 valence electrons. The fraction of sp³-hybridized carbons (Fsp3) is 0.250. The summed E-state index contributed by atoms with van der Waals surface area (Å²) in [6.45, 7) is 0.204. The lowest BCUT2D eigenvalue weighted by Crippen LogP contribution is -2.17. The summed E-state index contributed by atoms with van der Waals surface area (Å²) in [5, 5.41) is 0. The number of benzene rings is 2. The smallest absolute Gasteiger partial charge is 0.410 e. The monoisotopic (exact) mass is 394 g/mol. The van der Waals surface area contributed by atoms with Gasteiger partial charge in [-0.15, -0.1) is 26.3 Å². The first-order chi connectivity index (χ1) is 12.6. The molecule has 0 atom stereocenters. The van der Waals surface area contributed by atoms with E-state index in [0.29, 0.717) is 11.1 Å². The Balaban J connectivity index is 1.67. The van der Waals surface area contributed by atoms with Crippen molar-refractivity contribution in [1.82, 2.24) is 0 Å². The number of hydrogen-bond acceptors (Lipinski definition) is 4. The Kier molecular flexibility index (Phi) is 6.97. The van der Waals surface area contributed by atoms with Gasteiger partial charge >= 0.3 is 20.4 Å². The third kappa shape index (κ3) is 8.69. The highest BCUT2D eigenvalue weighted by atomic mass is 19.4. The molecular formula is C16H13BF6O4. The van der Waals surface area contributed by atoms with Crippen LogP contribution in [0.5, 0.6) is 11.5 Å². The van der Waals surface area contributed by atoms with Crippen molar-refractivity contribution in [3.05, 3.63) is 59.7 Å². The summed E-state index contributed by atoms with van der Waals surface area (Å²) >= 11 is 0. The standard InChI is InChI=1S/C16H13BF6O4/c18-15(19,20)26-13-5-1-11(2-6-13)9-24-17-25-10-12-3-7-14(8-4-12)27-16(21,22)23/h1-8,17H,9-10H2. The molecule has 0 unspecified atom stereocenters. The topological polar surface area (TPSA) is 36.9 Å². The van der Waals surface area contributed by atoms with E-state index in [9.17, 15) is 26.3 Å². The largest absolute Gasteiger partial charge is 0.573 e. The van der Waals surface area contributed by atoms with Crippen molar-refractivity contribution in [2.75, 3.05) is 0 Å². The van der Waals surface area contributed by atoms with Crippen LogP contribution in [0.1, 0.15) is 11.1 Å². The van der Waals surface area contributed by atoms with Crippen LogP contribution in [0, 0.1) is 0 Å². The average molecular weight is 394 g/mol. The molecule has 0 saturated carbocycles. The molecule has 0 saturated heterocycles. The number of rotatable bonds is 8. The van der Waals surface area contributed by atoms with Gasteiger partial charge in [0, 0.05) is 0 Å². The zero-order valence-electron chi connectivity index (χ0n) is 13.6. The van der Waals surface area contributed by atoms with Gasteiger partial charge in [-0.1, -0.05) is 24.3 Å². The first-order valence-corrected chi connectivity index (χ1v) is 7.45. The highest BCUT2D eigenvalue weighted by molar-refractivity contribution is 6.17. The van der Waals surface area contributed by atoms with Crippen molar-refractivity contribution in [1.29, 1.82) is 0 Å². The molecule has 0 fully saturated rings. The van der Waals surface area contributed by atoms with Gasteiger partial charge in [0.25, 0.3) is 0 Å². The minimum absolute atomic E-state index is 0.102. The van der Waals surface area contributed by atoms with Crippen LogP contribution in [0.2, 0.25) is 0 Å². The lowest BCUT2D eigenvalue weighted by atomic mass is 10.2. The molecule has 0 aliphatic heterocycles. The van der Waals surface area contributed by atoms with E-state index in [1.54, 1.807) is 0 Å². The second kappa shape index (κ2) is 9.00. The second-order valence-corrected chi connectivity index (χ2v) is 5.20. The molecule has 0 aromatic heterocycles. The molecule has 0 heterocycles. The van der Waals surface area contributed by atoms with E-state index >= 15 is 0 Å². The van der Waals surface area contributed by atoms with E-state index in [-0.39, 0.29) is 32.4 Å². The van der Waals surface area contributed by atoms with Crippen LogP contribution in [0.15, 0.2) is 48.5 Å². The molecule has 2 aromatic rings. The van der Waals surface area contributed by atoms with Gasteiger partial charge in [0.1, 0.15) is 11.5 Å². The van der Waals surface area contributed by atoms with Gasteiger partial charge in [0.2, 0.25) is 0 Å². The van der Waals surface area contributed by atoms with E-state index in [1.807, 2.05) is 0 Å². The van der Waals surface area contributed by atoms with Crippen molar-refractivity contribution in [2.45, 2.75) is 25.9 Å². The van der Waals surface area contributed by atoms with Crippen molar-refractivity contribution in [2.24, 2.45) is 0 Å². The quantitative estimate of drug-likeness (QED) is 0.376. The first kappa shape index (κ1) is 20.9. The Morgan fingerprint density at radius 1 is 0.593 bits per heavy atom. The zero-order chi connectivity index (χ0) is 19.9. The summed E-state index contributed by atoms with van der Waals surface area (Å²) in [6.07, 6.45) is -9.49. The van der Waals surface area contributed by atoms with E-state index in [0.717, 1.165) is 24.3 Å². The summed E-state index contributed by atoms with van der Waals surface area (Å²) in [5.41, 5.74) is 1.23. The van der Waals surface area contributed by atoms with Crippen LogP contribution in [0.25, 0.3) is 0 Å². The van der Waals surface area contributed by atoms with Gasteiger partial charge in [-0.3, -0.25) is 0 Å². The zero-order valence-corrected chi connectivity index (χ0v) is 13.6. The highest BCUT2D eigenvalue weighted by Crippen LogP contribution is 2.24. The van der Waals surface area contributed by atoms with Crippen LogP contribution in [-0.2, 0) is 22.5 Å². The molecule has 11 heteroatoms. The van der Waals surface area contributed by atoms with Crippen LogP contribution in [-0.4, -0.2) is 20.4 Å². The van der Waals surface area contributed by atoms with E-state index in [4.69, 9.17) is 9.31 Å². The summed E-state index contributed by atoms with van der Waals surface area (Å²) < 4.78 is 90.2. The fourth-order valence-corrected chi connectivity index (χ4v) is 1.95. The summed E-state index contributed by atoms with van der Waals surface area (Å²) in [5.74, 6) is -0.666. The van der Waals surface area contributed by atoms with Crippen LogP contribution >= 0.6 is 0 Å². The van der Waals surface area contributed by atoms with Crippen LogP contribution in [0.4, 0.5) is 26.3 Å². The fourth-order valence-electron chi connectivity index (χ4n) is 1.95. The first-order valence-electron chi connectivity index (χ1n) is 7.45. The number of hydrogen-bond donors (Lipinski definition) is 0. The highest BCUT2D eigenvalue weighted by Gasteiger charge is 2.31. The normalized spacial score (nSPS) is 11.9. The minimum atomic E-state index is -4.75. The SMILES string of the molecule is FC(F)(F)Oc1ccc(COBOCc2ccc(OC(F)(F)F)cc2)cc1. The summed E-state index contributed by atoms with van der Waals surface area (Å²) in [7, 11) is -0.110. The Bertz CT molecular complexity index is 639. The Labute approximate surface area is 150 Å². The average Bonchev–Trinajstić information content (AvgIpc) is 2.55. The number of alkyl halides is 6. The molecule has 27 heavy (non-hydrogen) atoms. The summed E-state index contributed by atoms with van der Waals surface area (Å²) in [6, 6.07) is 10.3. The lowest BCUT2D eigenvalue weighted by molar-refractivity contribution is -0.275. The maximum absolute atomic E-state index is 12.0. The van der Waals surface area contributed by atoms with Gasteiger partial charge in [-0.25, -0.2) is 0 Å². The van der Waals surface area contributed by atoms with E-state index < -0.39 is 12.7 Å². The Hall–Kier alpha value is -2.40. The number of halogens is 6. The predicted octanol–water partition coefficient (Wildman–Crippen LogP) is 4.48. The van der Waals surface area contributed by atoms with Gasteiger partial charge in [-0.2, -0.15) is 0 Å². The van der Waals surface area contributed by atoms with Crippen LogP contribution in [0.3, 0.4) is 0 Å². The maximum Gasteiger partial charge on any atom is 0.573 e. The van der Waals surface area contributed by atoms with Gasteiger partial charge in [0.15, 0.2) is 0 Å². The Morgan fingerprint density at radius 2 is 0.926 bits per heavy atom. The maximum atomic E-state index is 12.0. The van der Waals surface area contributed by atoms with Gasteiger partial charge in [-0.05, 0) is 35.4 Å². The Morgan fingerprint density at radius 3 is 1.22 bits per heavy atom. The molecule has 0 aliphatic rings. The van der Waals surface area contributed by atoms with Crippen molar-refractivity contribution in [3.8, 4) is 11.5 Å². The second-order valence-electron chi connectivity index (χ2n) is 5.20. The molecule has 0 radical (unpaired) electrons. The number of ether oxygens (including phenoxy) is 2. The third-order valence-corrected chi connectivity index (χ3v) is 3.02. The van der Waals surface area contributed by atoms with Crippen molar-refractivity contribution < 1.29 is 45.1 Å². The third-order valence-electron chi connectivity index (χ3n) is 3.02. The molecule has 0 N–H and O–H groups in total. The molecule has 4 nitrogen and oxygen atoms in total. The molecule has 2 aromatic carbocycles. The molecule has 0 spiro atoms. The lowest BCUT2D eigenvalue weighted by Gasteiger charge is -2.10. The summed E-state index contributed by atoms with van der Waals surface area (Å²) in [4.78, 5) is 0. The van der Waals surface area contributed by atoms with Gasteiger partial charge in [0.05, 0.1) is 13.2 Å². The molecule has 2 rings (SSSR count). The molecule has 0 amide bonds. The van der Waals surface area contributed by atoms with Crippen LogP contribution < -0.4 is 9.47 Å². The predicted molar refractivity (Wildman–Crippen MR) is 83.0 cm³/mol. The van der Waals surface area contributed by atoms with Crippen molar-refractivity contribution >= 4 is 7.69 Å². The molecule has 0 bridgehead atoms. The van der Waals surface area contributed by atoms with Crippen molar-refractivity contribution in [3.63, 3.8) is 0 Å². The molecular weight excluding hydrogens is 381 g/mol. The van der Waals surface area contributed by atoms with E-state index in [1.165, 1.54) is 24.3 Å².